The van der Waals surface area contributed by atoms with E-state index in [1.807, 2.05) is 4.90 Å². The molecule has 0 spiro atoms. The molecule has 2 aliphatic heterocycles. The van der Waals surface area contributed by atoms with Crippen molar-refractivity contribution in [1.29, 1.82) is 0 Å². The van der Waals surface area contributed by atoms with Crippen LogP contribution in [0.1, 0.15) is 0 Å². The maximum absolute atomic E-state index is 11.3. The number of nitrogens with zero attached hydrogens (tertiary/aromatic N) is 4. The summed E-state index contributed by atoms with van der Waals surface area (Å²) in [5.41, 5.74) is 8.11. The first-order valence-electron chi connectivity index (χ1n) is 4.80. The van der Waals surface area contributed by atoms with Crippen LogP contribution in [0.15, 0.2) is 5.11 Å². The van der Waals surface area contributed by atoms with E-state index in [9.17, 15) is 9.59 Å². The minimum Gasteiger partial charge on any atom is -0.302 e. The molecule has 7 heteroatoms. The number of likely N-dealkylation sites (tertiary alicyclic amines) is 1. The van der Waals surface area contributed by atoms with E-state index in [2.05, 4.69) is 15.3 Å². The molecule has 0 aromatic rings. The van der Waals surface area contributed by atoms with Crippen LogP contribution in [0.5, 0.6) is 0 Å². The van der Waals surface area contributed by atoms with Crippen molar-refractivity contribution in [3.63, 3.8) is 0 Å². The van der Waals surface area contributed by atoms with E-state index in [4.69, 9.17) is 5.53 Å². The number of fused-ring (bicyclic) bond motifs is 1. The molecule has 80 valence electrons. The van der Waals surface area contributed by atoms with Gasteiger partial charge in [-0.1, -0.05) is 5.11 Å². The Balaban J connectivity index is 1.92. The molecule has 0 saturated carbocycles. The van der Waals surface area contributed by atoms with Gasteiger partial charge in [-0.25, -0.2) is 0 Å². The smallest absolute Gasteiger partial charge is 0.231 e. The highest BCUT2D eigenvalue weighted by Crippen LogP contribution is 2.27. The summed E-state index contributed by atoms with van der Waals surface area (Å²) in [4.78, 5) is 27.2. The molecule has 0 radical (unpaired) electrons. The molecule has 2 heterocycles. The Morgan fingerprint density at radius 2 is 2.00 bits per heavy atom. The van der Waals surface area contributed by atoms with Crippen molar-refractivity contribution >= 4 is 11.8 Å². The molecule has 15 heavy (non-hydrogen) atoms. The van der Waals surface area contributed by atoms with Gasteiger partial charge in [-0.2, -0.15) is 0 Å². The van der Waals surface area contributed by atoms with E-state index in [0.717, 1.165) is 0 Å². The van der Waals surface area contributed by atoms with Gasteiger partial charge in [-0.3, -0.25) is 14.9 Å². The monoisotopic (exact) mass is 209 g/mol. The third-order valence-corrected chi connectivity index (χ3v) is 2.89. The number of carbonyl (C=O) groups excluding carboxylic acids is 2. The van der Waals surface area contributed by atoms with E-state index in [0.29, 0.717) is 26.2 Å². The van der Waals surface area contributed by atoms with Gasteiger partial charge in [0.2, 0.25) is 11.8 Å². The van der Waals surface area contributed by atoms with Crippen LogP contribution < -0.4 is 5.32 Å². The first-order chi connectivity index (χ1) is 7.22. The second-order valence-electron chi connectivity index (χ2n) is 3.78. The quantitative estimate of drug-likeness (QED) is 0.293. The Kier molecular flexibility index (Phi) is 2.57. The zero-order chi connectivity index (χ0) is 10.8. The lowest BCUT2D eigenvalue weighted by Gasteiger charge is -2.14. The van der Waals surface area contributed by atoms with Crippen molar-refractivity contribution < 1.29 is 9.59 Å². The van der Waals surface area contributed by atoms with Crippen LogP contribution >= 0.6 is 0 Å². The predicted molar refractivity (Wildman–Crippen MR) is 50.6 cm³/mol. The summed E-state index contributed by atoms with van der Waals surface area (Å²) in [5, 5.41) is 5.74. The highest BCUT2D eigenvalue weighted by Gasteiger charge is 2.47. The van der Waals surface area contributed by atoms with E-state index < -0.39 is 0 Å². The van der Waals surface area contributed by atoms with Crippen LogP contribution in [0.2, 0.25) is 0 Å². The number of azide groups is 1. The molecule has 2 aliphatic rings. The molecule has 1 N–H and O–H groups in total. The van der Waals surface area contributed by atoms with Gasteiger partial charge in [0.05, 0.1) is 11.8 Å². The maximum Gasteiger partial charge on any atom is 0.231 e. The van der Waals surface area contributed by atoms with Gasteiger partial charge in [0.25, 0.3) is 0 Å². The average Bonchev–Trinajstić information content (AvgIpc) is 2.71. The standard InChI is InChI=1S/C8H11N5O2/c9-12-10-1-2-13-3-5-6(4-13)8(15)11-7(5)14/h5-6H,1-4H2,(H,11,14,15)/t5-,6+. The van der Waals surface area contributed by atoms with Crippen LogP contribution in [-0.2, 0) is 9.59 Å². The Hall–Kier alpha value is -1.59. The Morgan fingerprint density at radius 1 is 1.40 bits per heavy atom. The molecule has 2 rings (SSSR count). The molecule has 2 amide bonds. The highest BCUT2D eigenvalue weighted by molar-refractivity contribution is 6.05. The summed E-state index contributed by atoms with van der Waals surface area (Å²) in [6, 6.07) is 0. The van der Waals surface area contributed by atoms with E-state index in [-0.39, 0.29) is 23.7 Å². The molecular weight excluding hydrogens is 198 g/mol. The largest absolute Gasteiger partial charge is 0.302 e. The third-order valence-electron chi connectivity index (χ3n) is 2.89. The lowest BCUT2D eigenvalue weighted by molar-refractivity contribution is -0.126. The van der Waals surface area contributed by atoms with Gasteiger partial charge in [0.15, 0.2) is 0 Å². The number of nitrogens with one attached hydrogen (secondary N) is 1. The second-order valence-corrected chi connectivity index (χ2v) is 3.78. The molecular formula is C8H11N5O2. The van der Waals surface area contributed by atoms with Gasteiger partial charge < -0.3 is 4.90 Å². The van der Waals surface area contributed by atoms with Crippen molar-refractivity contribution in [3.05, 3.63) is 10.4 Å². The summed E-state index contributed by atoms with van der Waals surface area (Å²) >= 11 is 0. The van der Waals surface area contributed by atoms with E-state index in [1.54, 1.807) is 0 Å². The van der Waals surface area contributed by atoms with Crippen LogP contribution in [0.25, 0.3) is 10.4 Å². The molecule has 0 unspecified atom stereocenters. The van der Waals surface area contributed by atoms with Gasteiger partial charge in [-0.05, 0) is 5.53 Å². The minimum atomic E-state index is -0.205. The number of rotatable bonds is 3. The maximum atomic E-state index is 11.3. The van der Waals surface area contributed by atoms with E-state index >= 15 is 0 Å². The molecule has 7 nitrogen and oxygen atoms in total. The average molecular weight is 209 g/mol. The topological polar surface area (TPSA) is 98.2 Å². The van der Waals surface area contributed by atoms with Crippen molar-refractivity contribution in [2.24, 2.45) is 17.0 Å². The van der Waals surface area contributed by atoms with Gasteiger partial charge in [-0.15, -0.1) is 0 Å². The van der Waals surface area contributed by atoms with Crippen molar-refractivity contribution in [1.82, 2.24) is 10.2 Å². The Bertz CT molecular complexity index is 327. The fourth-order valence-corrected chi connectivity index (χ4v) is 2.14. The van der Waals surface area contributed by atoms with Gasteiger partial charge >= 0.3 is 0 Å². The van der Waals surface area contributed by atoms with Crippen LogP contribution in [0.4, 0.5) is 0 Å². The van der Waals surface area contributed by atoms with Crippen molar-refractivity contribution in [2.45, 2.75) is 0 Å². The molecule has 0 aromatic carbocycles. The molecule has 2 fully saturated rings. The fourth-order valence-electron chi connectivity index (χ4n) is 2.14. The zero-order valence-corrected chi connectivity index (χ0v) is 8.09. The zero-order valence-electron chi connectivity index (χ0n) is 8.09. The summed E-state index contributed by atoms with van der Waals surface area (Å²) in [6.07, 6.45) is 0. The number of hydrogen-bond acceptors (Lipinski definition) is 4. The van der Waals surface area contributed by atoms with Crippen LogP contribution in [-0.4, -0.2) is 42.9 Å². The number of carbonyl (C=O) groups is 2. The first-order valence-corrected chi connectivity index (χ1v) is 4.80. The molecule has 2 atom stereocenters. The molecule has 0 aliphatic carbocycles. The van der Waals surface area contributed by atoms with E-state index in [1.165, 1.54) is 0 Å². The summed E-state index contributed by atoms with van der Waals surface area (Å²) in [7, 11) is 0. The normalized spacial score (nSPS) is 29.9. The predicted octanol–water partition coefficient (Wildman–Crippen LogP) is -0.499. The number of imide groups is 1. The summed E-state index contributed by atoms with van der Waals surface area (Å²) in [5.74, 6) is -0.750. The minimum absolute atomic E-state index is 0.170. The van der Waals surface area contributed by atoms with Gasteiger partial charge in [0, 0.05) is 31.1 Å². The summed E-state index contributed by atoms with van der Waals surface area (Å²) < 4.78 is 0. The lowest BCUT2D eigenvalue weighted by Crippen LogP contribution is -2.32. The second kappa shape index (κ2) is 3.88. The SMILES string of the molecule is [N-]=[N+]=NCCN1C[C@@H]2C(=O)NC(=O)[C@@H]2C1. The van der Waals surface area contributed by atoms with Gasteiger partial charge in [0.1, 0.15) is 0 Å². The fraction of sp³-hybridized carbons (Fsp3) is 0.750. The summed E-state index contributed by atoms with van der Waals surface area (Å²) in [6.45, 7) is 2.16. The van der Waals surface area contributed by atoms with Crippen LogP contribution in [0.3, 0.4) is 0 Å². The Labute approximate surface area is 86.0 Å². The first kappa shape index (κ1) is 9.95. The third kappa shape index (κ3) is 1.79. The lowest BCUT2D eigenvalue weighted by atomic mass is 10.00. The van der Waals surface area contributed by atoms with Crippen LogP contribution in [0, 0.1) is 11.8 Å². The highest BCUT2D eigenvalue weighted by atomic mass is 16.2. The molecule has 0 aromatic heterocycles. The molecule has 2 saturated heterocycles. The Morgan fingerprint density at radius 3 is 2.53 bits per heavy atom. The van der Waals surface area contributed by atoms with Crippen molar-refractivity contribution in [2.75, 3.05) is 26.2 Å². The number of hydrogen-bond donors (Lipinski definition) is 1. The number of amides is 2. The van der Waals surface area contributed by atoms with Crippen molar-refractivity contribution in [3.8, 4) is 0 Å². The molecule has 0 bridgehead atoms.